The molecule has 2 amide bonds. The summed E-state index contributed by atoms with van der Waals surface area (Å²) in [6.45, 7) is 1.95. The Morgan fingerprint density at radius 3 is 2.18 bits per heavy atom. The lowest BCUT2D eigenvalue weighted by atomic mass is 10.1. The molecule has 0 aliphatic rings. The van der Waals surface area contributed by atoms with Crippen LogP contribution in [0.4, 0.5) is 4.79 Å². The van der Waals surface area contributed by atoms with Gasteiger partial charge in [0.15, 0.2) is 0 Å². The number of rotatable bonds is 5. The Morgan fingerprint density at radius 1 is 1.14 bits per heavy atom. The Kier molecular flexibility index (Phi) is 5.55. The molecule has 0 saturated heterocycles. The van der Waals surface area contributed by atoms with Crippen molar-refractivity contribution in [2.45, 2.75) is 13.3 Å². The molecule has 22 heavy (non-hydrogen) atoms. The van der Waals surface area contributed by atoms with E-state index in [2.05, 4.69) is 26.5 Å². The Hall–Kier alpha value is -2.34. The second kappa shape index (κ2) is 7.61. The Morgan fingerprint density at radius 2 is 1.68 bits per heavy atom. The highest BCUT2D eigenvalue weighted by atomic mass is 79.9. The van der Waals surface area contributed by atoms with Crippen LogP contribution >= 0.6 is 15.9 Å². The third-order valence-corrected chi connectivity index (χ3v) is 3.40. The molecule has 2 aromatic carbocycles. The highest BCUT2D eigenvalue weighted by molar-refractivity contribution is 9.10. The molecule has 0 aliphatic carbocycles. The summed E-state index contributed by atoms with van der Waals surface area (Å²) < 4.78 is 6.75. The van der Waals surface area contributed by atoms with E-state index in [1.54, 1.807) is 0 Å². The van der Waals surface area contributed by atoms with Gasteiger partial charge in [-0.2, -0.15) is 5.10 Å². The van der Waals surface area contributed by atoms with Gasteiger partial charge >= 0.3 is 6.03 Å². The van der Waals surface area contributed by atoms with Crippen molar-refractivity contribution in [1.82, 2.24) is 5.43 Å². The van der Waals surface area contributed by atoms with Gasteiger partial charge < -0.3 is 10.5 Å². The predicted octanol–water partition coefficient (Wildman–Crippen LogP) is 4.02. The van der Waals surface area contributed by atoms with Crippen LogP contribution in [0, 0.1) is 0 Å². The molecule has 0 fully saturated rings. The summed E-state index contributed by atoms with van der Waals surface area (Å²) in [4.78, 5) is 10.7. The molecular weight excluding hydrogens is 346 g/mol. The van der Waals surface area contributed by atoms with Crippen molar-refractivity contribution in [3.63, 3.8) is 0 Å². The Bertz CT molecular complexity index is 667. The number of benzene rings is 2. The van der Waals surface area contributed by atoms with Crippen LogP contribution in [0.3, 0.4) is 0 Å². The first kappa shape index (κ1) is 16.0. The van der Waals surface area contributed by atoms with Gasteiger partial charge in [-0.25, -0.2) is 10.2 Å². The molecule has 0 aliphatic heterocycles. The highest BCUT2D eigenvalue weighted by Gasteiger charge is 2.03. The van der Waals surface area contributed by atoms with E-state index < -0.39 is 6.03 Å². The van der Waals surface area contributed by atoms with Crippen LogP contribution in [0.5, 0.6) is 11.5 Å². The number of amides is 2. The number of carbonyl (C=O) groups is 1. The maximum atomic E-state index is 10.7. The third kappa shape index (κ3) is 4.60. The zero-order chi connectivity index (χ0) is 15.9. The lowest BCUT2D eigenvalue weighted by molar-refractivity contribution is 0.249. The summed E-state index contributed by atoms with van der Waals surface area (Å²) in [6.07, 6.45) is 0.674. The minimum absolute atomic E-state index is 0.674. The number of halogens is 1. The van der Waals surface area contributed by atoms with Crippen molar-refractivity contribution in [1.29, 1.82) is 0 Å². The molecule has 0 saturated carbocycles. The van der Waals surface area contributed by atoms with Gasteiger partial charge in [0, 0.05) is 4.47 Å². The van der Waals surface area contributed by atoms with Crippen LogP contribution in [0.1, 0.15) is 18.9 Å². The fourth-order valence-electron chi connectivity index (χ4n) is 1.82. The van der Waals surface area contributed by atoms with E-state index in [-0.39, 0.29) is 0 Å². The molecule has 0 heterocycles. The van der Waals surface area contributed by atoms with Crippen molar-refractivity contribution >= 4 is 27.7 Å². The van der Waals surface area contributed by atoms with Crippen molar-refractivity contribution in [3.8, 4) is 11.5 Å². The molecule has 0 unspecified atom stereocenters. The number of hydrazone groups is 1. The number of nitrogens with two attached hydrogens (primary N) is 1. The summed E-state index contributed by atoms with van der Waals surface area (Å²) >= 11 is 3.38. The van der Waals surface area contributed by atoms with Gasteiger partial charge in [-0.05, 0) is 60.5 Å². The number of nitrogens with zero attached hydrogens (tertiary/aromatic N) is 1. The van der Waals surface area contributed by atoms with Crippen molar-refractivity contribution in [2.24, 2.45) is 10.8 Å². The molecule has 2 aromatic rings. The number of carbonyl (C=O) groups excluding carboxylic acids is 1. The van der Waals surface area contributed by atoms with Crippen LogP contribution in [-0.2, 0) is 0 Å². The molecule has 0 atom stereocenters. The van der Waals surface area contributed by atoms with Gasteiger partial charge in [-0.1, -0.05) is 22.9 Å². The number of hydrogen-bond donors (Lipinski definition) is 2. The number of nitrogens with one attached hydrogen (secondary N) is 1. The fourth-order valence-corrected chi connectivity index (χ4v) is 2.09. The second-order valence-electron chi connectivity index (χ2n) is 4.47. The van der Waals surface area contributed by atoms with Gasteiger partial charge in [0.1, 0.15) is 11.5 Å². The highest BCUT2D eigenvalue weighted by Crippen LogP contribution is 2.23. The van der Waals surface area contributed by atoms with E-state index >= 15 is 0 Å². The minimum Gasteiger partial charge on any atom is -0.457 e. The van der Waals surface area contributed by atoms with Gasteiger partial charge in [-0.3, -0.25) is 0 Å². The molecule has 6 heteroatoms. The fraction of sp³-hybridized carbons (Fsp3) is 0.125. The van der Waals surface area contributed by atoms with E-state index in [0.29, 0.717) is 6.42 Å². The van der Waals surface area contributed by atoms with Crippen LogP contribution < -0.4 is 15.9 Å². The molecule has 0 aromatic heterocycles. The maximum absolute atomic E-state index is 10.7. The predicted molar refractivity (Wildman–Crippen MR) is 90.2 cm³/mol. The molecule has 114 valence electrons. The molecule has 0 bridgehead atoms. The molecule has 2 rings (SSSR count). The average Bonchev–Trinajstić information content (AvgIpc) is 2.51. The molecule has 5 nitrogen and oxygen atoms in total. The lowest BCUT2D eigenvalue weighted by Crippen LogP contribution is -2.25. The largest absolute Gasteiger partial charge is 0.457 e. The van der Waals surface area contributed by atoms with E-state index in [0.717, 1.165) is 27.2 Å². The van der Waals surface area contributed by atoms with E-state index in [9.17, 15) is 4.79 Å². The van der Waals surface area contributed by atoms with E-state index in [1.165, 1.54) is 0 Å². The van der Waals surface area contributed by atoms with Gasteiger partial charge in [-0.15, -0.1) is 0 Å². The topological polar surface area (TPSA) is 76.7 Å². The summed E-state index contributed by atoms with van der Waals surface area (Å²) in [5, 5.41) is 3.98. The van der Waals surface area contributed by atoms with Crippen molar-refractivity contribution in [2.75, 3.05) is 0 Å². The van der Waals surface area contributed by atoms with Crippen LogP contribution in [-0.4, -0.2) is 11.7 Å². The normalized spacial score (nSPS) is 11.1. The number of hydrogen-bond acceptors (Lipinski definition) is 3. The van der Waals surface area contributed by atoms with Gasteiger partial charge in [0.25, 0.3) is 0 Å². The van der Waals surface area contributed by atoms with Crippen molar-refractivity contribution in [3.05, 3.63) is 58.6 Å². The third-order valence-electron chi connectivity index (χ3n) is 2.87. The maximum Gasteiger partial charge on any atom is 0.332 e. The molecule has 0 radical (unpaired) electrons. The first-order valence-corrected chi connectivity index (χ1v) is 7.53. The average molecular weight is 362 g/mol. The molecule has 0 spiro atoms. The zero-order valence-corrected chi connectivity index (χ0v) is 13.6. The zero-order valence-electron chi connectivity index (χ0n) is 12.0. The van der Waals surface area contributed by atoms with E-state index in [4.69, 9.17) is 10.5 Å². The van der Waals surface area contributed by atoms with E-state index in [1.807, 2.05) is 55.5 Å². The SMILES string of the molecule is CC/C(=N/NC(N)=O)c1ccc(Oc2ccc(Br)cc2)cc1. The first-order valence-electron chi connectivity index (χ1n) is 6.74. The second-order valence-corrected chi connectivity index (χ2v) is 5.38. The molecular formula is C16H16BrN3O2. The monoisotopic (exact) mass is 361 g/mol. The Labute approximate surface area is 137 Å². The van der Waals surface area contributed by atoms with Crippen molar-refractivity contribution < 1.29 is 9.53 Å². The summed E-state index contributed by atoms with van der Waals surface area (Å²) in [7, 11) is 0. The summed E-state index contributed by atoms with van der Waals surface area (Å²) in [6, 6.07) is 14.4. The number of primary amides is 1. The van der Waals surface area contributed by atoms with Crippen LogP contribution in [0.15, 0.2) is 58.1 Å². The summed E-state index contributed by atoms with van der Waals surface area (Å²) in [5.41, 5.74) is 8.91. The lowest BCUT2D eigenvalue weighted by Gasteiger charge is -2.08. The minimum atomic E-state index is -0.679. The van der Waals surface area contributed by atoms with Crippen LogP contribution in [0.25, 0.3) is 0 Å². The Balaban J connectivity index is 2.10. The summed E-state index contributed by atoms with van der Waals surface area (Å²) in [5.74, 6) is 1.49. The van der Waals surface area contributed by atoms with Crippen LogP contribution in [0.2, 0.25) is 0 Å². The molecule has 3 N–H and O–H groups in total. The standard InChI is InChI=1S/C16H16BrN3O2/c1-2-15(19-20-16(18)21)11-3-7-13(8-4-11)22-14-9-5-12(17)6-10-14/h3-10H,2H2,1H3,(H3,18,20,21)/b19-15-. The first-order chi connectivity index (χ1) is 10.6. The smallest absolute Gasteiger partial charge is 0.332 e. The quantitative estimate of drug-likeness (QED) is 0.623. The number of ether oxygens (including phenoxy) is 1. The van der Waals surface area contributed by atoms with Gasteiger partial charge in [0.05, 0.1) is 5.71 Å². The number of urea groups is 1. The van der Waals surface area contributed by atoms with Gasteiger partial charge in [0.2, 0.25) is 0 Å².